The fraction of sp³-hybridized carbons (Fsp3) is 1.00. The van der Waals surface area contributed by atoms with Gasteiger partial charge in [0.1, 0.15) is 0 Å². The highest BCUT2D eigenvalue weighted by Gasteiger charge is 2.38. The molecule has 1 saturated heterocycles. The van der Waals surface area contributed by atoms with Crippen LogP contribution in [-0.4, -0.2) is 41.8 Å². The summed E-state index contributed by atoms with van der Waals surface area (Å²) in [6.45, 7) is 1.96. The predicted molar refractivity (Wildman–Crippen MR) is 57.3 cm³/mol. The molecule has 0 amide bonds. The van der Waals surface area contributed by atoms with Crippen LogP contribution >= 0.6 is 0 Å². The molecular formula is C10H18N4O. The second-order valence-electron chi connectivity index (χ2n) is 4.61. The Morgan fingerprint density at radius 3 is 2.93 bits per heavy atom. The van der Waals surface area contributed by atoms with Gasteiger partial charge in [-0.1, -0.05) is 5.11 Å². The van der Waals surface area contributed by atoms with Gasteiger partial charge in [0, 0.05) is 17.5 Å². The van der Waals surface area contributed by atoms with E-state index in [1.807, 2.05) is 0 Å². The summed E-state index contributed by atoms with van der Waals surface area (Å²) in [7, 11) is 0. The second-order valence-corrected chi connectivity index (χ2v) is 4.61. The van der Waals surface area contributed by atoms with Crippen LogP contribution in [0.25, 0.3) is 10.4 Å². The van der Waals surface area contributed by atoms with Crippen LogP contribution in [0.3, 0.4) is 0 Å². The lowest BCUT2D eigenvalue weighted by molar-refractivity contribution is 0.106. The Bertz CT molecular complexity index is 260. The normalized spacial score (nSPS) is 28.7. The monoisotopic (exact) mass is 210 g/mol. The summed E-state index contributed by atoms with van der Waals surface area (Å²) in [6.07, 6.45) is 4.73. The molecule has 0 spiro atoms. The third kappa shape index (κ3) is 2.84. The van der Waals surface area contributed by atoms with Crippen molar-refractivity contribution in [1.82, 2.24) is 4.90 Å². The Hall–Kier alpha value is -0.770. The smallest absolute Gasteiger partial charge is 0.0723 e. The number of likely N-dealkylation sites (tertiary alicyclic amines) is 1. The summed E-state index contributed by atoms with van der Waals surface area (Å²) in [4.78, 5) is 5.03. The molecule has 1 saturated carbocycles. The number of β-amino-alcohol motifs (C(OH)–C–C–N with tert-alkyl or cyclic N) is 1. The minimum Gasteiger partial charge on any atom is -0.392 e. The van der Waals surface area contributed by atoms with Gasteiger partial charge in [0.2, 0.25) is 0 Å². The first kappa shape index (κ1) is 10.7. The van der Waals surface area contributed by atoms with Crippen molar-refractivity contribution in [3.63, 3.8) is 0 Å². The molecule has 84 valence electrons. The van der Waals surface area contributed by atoms with E-state index >= 15 is 0 Å². The number of aliphatic hydroxyl groups is 1. The Kier molecular flexibility index (Phi) is 3.46. The van der Waals surface area contributed by atoms with Crippen molar-refractivity contribution in [3.05, 3.63) is 10.4 Å². The molecule has 2 atom stereocenters. The van der Waals surface area contributed by atoms with Crippen LogP contribution in [0.1, 0.15) is 25.7 Å². The minimum absolute atomic E-state index is 0.199. The lowest BCUT2D eigenvalue weighted by Crippen LogP contribution is -2.38. The Labute approximate surface area is 89.7 Å². The molecule has 2 rings (SSSR count). The molecule has 1 aliphatic heterocycles. The number of hydrogen-bond donors (Lipinski definition) is 1. The summed E-state index contributed by atoms with van der Waals surface area (Å²) < 4.78 is 0. The van der Waals surface area contributed by atoms with Crippen LogP contribution in [0.5, 0.6) is 0 Å². The predicted octanol–water partition coefficient (Wildman–Crippen LogP) is 1.53. The second kappa shape index (κ2) is 4.84. The molecule has 1 heterocycles. The molecule has 15 heavy (non-hydrogen) atoms. The van der Waals surface area contributed by atoms with E-state index in [4.69, 9.17) is 5.53 Å². The highest BCUT2D eigenvalue weighted by molar-refractivity contribution is 4.92. The fourth-order valence-electron chi connectivity index (χ4n) is 2.55. The van der Waals surface area contributed by atoms with Crippen LogP contribution < -0.4 is 0 Å². The minimum atomic E-state index is -0.500. The summed E-state index contributed by atoms with van der Waals surface area (Å²) >= 11 is 0. The summed E-state index contributed by atoms with van der Waals surface area (Å²) in [5, 5.41) is 13.1. The molecule has 0 aromatic carbocycles. The number of azide groups is 1. The largest absolute Gasteiger partial charge is 0.392 e. The van der Waals surface area contributed by atoms with Crippen LogP contribution in [0.4, 0.5) is 0 Å². The molecule has 2 aliphatic rings. The molecule has 1 unspecified atom stereocenters. The van der Waals surface area contributed by atoms with E-state index in [1.54, 1.807) is 0 Å². The van der Waals surface area contributed by atoms with E-state index in [0.29, 0.717) is 12.6 Å². The molecular weight excluding hydrogens is 192 g/mol. The SMILES string of the molecule is [N-]=[N+]=NC[C@H](O)CN1CCCC1C1CC1. The Morgan fingerprint density at radius 1 is 1.47 bits per heavy atom. The van der Waals surface area contributed by atoms with E-state index in [9.17, 15) is 5.11 Å². The fourth-order valence-corrected chi connectivity index (χ4v) is 2.55. The van der Waals surface area contributed by atoms with Gasteiger partial charge in [0.05, 0.1) is 12.6 Å². The molecule has 1 N–H and O–H groups in total. The van der Waals surface area contributed by atoms with Crippen LogP contribution in [0.15, 0.2) is 5.11 Å². The average Bonchev–Trinajstić information content (AvgIpc) is 2.97. The van der Waals surface area contributed by atoms with Crippen LogP contribution in [0, 0.1) is 5.92 Å². The lowest BCUT2D eigenvalue weighted by atomic mass is 10.1. The first-order chi connectivity index (χ1) is 7.31. The maximum absolute atomic E-state index is 9.65. The molecule has 5 heteroatoms. The van der Waals surface area contributed by atoms with E-state index in [-0.39, 0.29) is 6.54 Å². The first-order valence-corrected chi connectivity index (χ1v) is 5.74. The molecule has 0 radical (unpaired) electrons. The topological polar surface area (TPSA) is 72.2 Å². The van der Waals surface area contributed by atoms with Crippen LogP contribution in [-0.2, 0) is 0 Å². The molecule has 1 aliphatic carbocycles. The number of rotatable bonds is 5. The van der Waals surface area contributed by atoms with Crippen molar-refractivity contribution in [1.29, 1.82) is 0 Å². The van der Waals surface area contributed by atoms with Crippen molar-refractivity contribution in [2.24, 2.45) is 11.0 Å². The zero-order valence-electron chi connectivity index (χ0n) is 8.92. The third-order valence-corrected chi connectivity index (χ3v) is 3.38. The zero-order chi connectivity index (χ0) is 10.7. The quantitative estimate of drug-likeness (QED) is 0.424. The molecule has 0 bridgehead atoms. The summed E-state index contributed by atoms with van der Waals surface area (Å²) in [6, 6.07) is 0.686. The van der Waals surface area contributed by atoms with Crippen LogP contribution in [0.2, 0.25) is 0 Å². The molecule has 5 nitrogen and oxygen atoms in total. The average molecular weight is 210 g/mol. The van der Waals surface area contributed by atoms with E-state index < -0.39 is 6.10 Å². The van der Waals surface area contributed by atoms with Crippen molar-refractivity contribution in [2.45, 2.75) is 37.8 Å². The number of aliphatic hydroxyl groups excluding tert-OH is 1. The highest BCUT2D eigenvalue weighted by Crippen LogP contribution is 2.39. The van der Waals surface area contributed by atoms with Crippen molar-refractivity contribution < 1.29 is 5.11 Å². The number of nitrogens with zero attached hydrogens (tertiary/aromatic N) is 4. The van der Waals surface area contributed by atoms with Crippen molar-refractivity contribution in [3.8, 4) is 0 Å². The van der Waals surface area contributed by atoms with Crippen molar-refractivity contribution >= 4 is 0 Å². The van der Waals surface area contributed by atoms with Gasteiger partial charge in [0.25, 0.3) is 0 Å². The number of hydrogen-bond acceptors (Lipinski definition) is 3. The van der Waals surface area contributed by atoms with E-state index in [1.165, 1.54) is 25.7 Å². The van der Waals surface area contributed by atoms with Gasteiger partial charge < -0.3 is 5.11 Å². The molecule has 0 aromatic rings. The van der Waals surface area contributed by atoms with Gasteiger partial charge in [0.15, 0.2) is 0 Å². The zero-order valence-corrected chi connectivity index (χ0v) is 8.92. The molecule has 0 aromatic heterocycles. The van der Waals surface area contributed by atoms with Gasteiger partial charge >= 0.3 is 0 Å². The summed E-state index contributed by atoms with van der Waals surface area (Å²) in [5.74, 6) is 0.874. The van der Waals surface area contributed by atoms with E-state index in [2.05, 4.69) is 14.9 Å². The van der Waals surface area contributed by atoms with E-state index in [0.717, 1.165) is 12.5 Å². The Morgan fingerprint density at radius 2 is 2.27 bits per heavy atom. The summed E-state index contributed by atoms with van der Waals surface area (Å²) in [5.41, 5.74) is 8.16. The third-order valence-electron chi connectivity index (χ3n) is 3.38. The van der Waals surface area contributed by atoms with Gasteiger partial charge in [-0.25, -0.2) is 0 Å². The molecule has 2 fully saturated rings. The first-order valence-electron chi connectivity index (χ1n) is 5.74. The standard InChI is InChI=1S/C10H18N4O/c11-13-12-6-9(15)7-14-5-1-2-10(14)8-3-4-8/h8-10,15H,1-7H2/t9-,10?/m0/s1. The van der Waals surface area contributed by atoms with Gasteiger partial charge in [-0.2, -0.15) is 0 Å². The maximum Gasteiger partial charge on any atom is 0.0723 e. The highest BCUT2D eigenvalue weighted by atomic mass is 16.3. The maximum atomic E-state index is 9.65. The lowest BCUT2D eigenvalue weighted by Gasteiger charge is -2.26. The van der Waals surface area contributed by atoms with Gasteiger partial charge in [-0.05, 0) is 43.7 Å². The van der Waals surface area contributed by atoms with Gasteiger partial charge in [-0.3, -0.25) is 4.90 Å². The Balaban J connectivity index is 1.79. The van der Waals surface area contributed by atoms with Gasteiger partial charge in [-0.15, -0.1) is 0 Å². The van der Waals surface area contributed by atoms with Crippen molar-refractivity contribution in [2.75, 3.05) is 19.6 Å².